The molecule has 0 bridgehead atoms. The summed E-state index contributed by atoms with van der Waals surface area (Å²) in [7, 11) is -3.80. The van der Waals surface area contributed by atoms with Gasteiger partial charge in [0.15, 0.2) is 0 Å². The van der Waals surface area contributed by atoms with E-state index in [-0.39, 0.29) is 29.4 Å². The Balaban J connectivity index is 1.54. The number of piperidine rings is 1. The molecule has 2 heterocycles. The quantitative estimate of drug-likeness (QED) is 0.602. The van der Waals surface area contributed by atoms with Crippen LogP contribution in [0.25, 0.3) is 5.69 Å². The molecule has 11 heteroatoms. The Bertz CT molecular complexity index is 1230. The van der Waals surface area contributed by atoms with Crippen molar-refractivity contribution >= 4 is 21.6 Å². The van der Waals surface area contributed by atoms with Gasteiger partial charge in [0.2, 0.25) is 15.9 Å². The molecule has 1 aliphatic rings. The fraction of sp³-hybridized carbons (Fsp3) is 0.273. The minimum absolute atomic E-state index is 0.101. The lowest BCUT2D eigenvalue weighted by Crippen LogP contribution is -2.43. The highest BCUT2D eigenvalue weighted by Gasteiger charge is 2.37. The van der Waals surface area contributed by atoms with Gasteiger partial charge in [-0.05, 0) is 49.2 Å². The smallest absolute Gasteiger partial charge is 0.325 e. The molecule has 1 saturated heterocycles. The number of carbonyl (C=O) groups excluding carboxylic acids is 1. The molecule has 7 nitrogen and oxygen atoms in total. The molecule has 1 aromatic heterocycles. The SMILES string of the molecule is O=C(Nc1ccc(-n2cccn2)cc1C(F)(F)F)C1CCCN(S(=O)(=O)c2ccccc2)C1. The summed E-state index contributed by atoms with van der Waals surface area (Å²) in [6.07, 6.45) is -0.951. The van der Waals surface area contributed by atoms with Crippen LogP contribution in [0.2, 0.25) is 0 Å². The Morgan fingerprint density at radius 2 is 1.85 bits per heavy atom. The third kappa shape index (κ3) is 4.93. The maximum atomic E-state index is 13.7. The first-order valence-electron chi connectivity index (χ1n) is 10.2. The average Bonchev–Trinajstić information content (AvgIpc) is 3.34. The van der Waals surface area contributed by atoms with Gasteiger partial charge in [0.05, 0.1) is 27.8 Å². The number of hydrogen-bond donors (Lipinski definition) is 1. The van der Waals surface area contributed by atoms with Crippen molar-refractivity contribution in [1.29, 1.82) is 0 Å². The van der Waals surface area contributed by atoms with Crippen molar-refractivity contribution < 1.29 is 26.4 Å². The summed E-state index contributed by atoms with van der Waals surface area (Å²) in [5.74, 6) is -1.43. The first-order chi connectivity index (χ1) is 15.7. The molecule has 33 heavy (non-hydrogen) atoms. The van der Waals surface area contributed by atoms with E-state index in [1.54, 1.807) is 24.3 Å². The monoisotopic (exact) mass is 478 g/mol. The van der Waals surface area contributed by atoms with E-state index in [1.807, 2.05) is 0 Å². The van der Waals surface area contributed by atoms with Gasteiger partial charge >= 0.3 is 6.18 Å². The average molecular weight is 478 g/mol. The highest BCUT2D eigenvalue weighted by atomic mass is 32.2. The molecule has 3 aromatic rings. The molecule has 1 unspecified atom stereocenters. The van der Waals surface area contributed by atoms with E-state index in [1.165, 1.54) is 45.6 Å². The van der Waals surface area contributed by atoms with E-state index in [0.717, 1.165) is 6.07 Å². The minimum Gasteiger partial charge on any atom is -0.325 e. The van der Waals surface area contributed by atoms with Crippen molar-refractivity contribution in [3.8, 4) is 5.69 Å². The number of rotatable bonds is 5. The summed E-state index contributed by atoms with van der Waals surface area (Å²) in [4.78, 5) is 13.0. The van der Waals surface area contributed by atoms with Gasteiger partial charge in [0.1, 0.15) is 0 Å². The van der Waals surface area contributed by atoms with Crippen LogP contribution >= 0.6 is 0 Å². The normalized spacial score (nSPS) is 17.6. The van der Waals surface area contributed by atoms with Crippen LogP contribution in [0.1, 0.15) is 18.4 Å². The van der Waals surface area contributed by atoms with Gasteiger partial charge < -0.3 is 5.32 Å². The third-order valence-corrected chi connectivity index (χ3v) is 7.35. The summed E-state index contributed by atoms with van der Waals surface area (Å²) in [5, 5.41) is 6.29. The second-order valence-electron chi connectivity index (χ2n) is 7.68. The van der Waals surface area contributed by atoms with E-state index in [0.29, 0.717) is 12.8 Å². The number of benzene rings is 2. The zero-order valence-electron chi connectivity index (χ0n) is 17.4. The van der Waals surface area contributed by atoms with E-state index in [4.69, 9.17) is 0 Å². The van der Waals surface area contributed by atoms with E-state index in [9.17, 15) is 26.4 Å². The van der Waals surface area contributed by atoms with Gasteiger partial charge in [-0.3, -0.25) is 4.79 Å². The van der Waals surface area contributed by atoms with Gasteiger partial charge in [0.25, 0.3) is 0 Å². The lowest BCUT2D eigenvalue weighted by Gasteiger charge is -2.31. The predicted molar refractivity (Wildman–Crippen MR) is 115 cm³/mol. The summed E-state index contributed by atoms with van der Waals surface area (Å²) in [5.41, 5.74) is -1.19. The second-order valence-corrected chi connectivity index (χ2v) is 9.62. The first-order valence-corrected chi connectivity index (χ1v) is 11.7. The first kappa shape index (κ1) is 23.0. The van der Waals surface area contributed by atoms with Crippen LogP contribution < -0.4 is 5.32 Å². The summed E-state index contributed by atoms with van der Waals surface area (Å²) in [6, 6.07) is 12.9. The number of alkyl halides is 3. The molecule has 1 fully saturated rings. The Kier molecular flexibility index (Phi) is 6.26. The number of aromatic nitrogens is 2. The molecule has 0 aliphatic carbocycles. The fourth-order valence-corrected chi connectivity index (χ4v) is 5.34. The minimum atomic E-state index is -4.71. The van der Waals surface area contributed by atoms with Crippen LogP contribution in [-0.2, 0) is 21.0 Å². The van der Waals surface area contributed by atoms with Crippen molar-refractivity contribution in [2.75, 3.05) is 18.4 Å². The Morgan fingerprint density at radius 3 is 2.52 bits per heavy atom. The molecule has 0 saturated carbocycles. The molecule has 0 radical (unpaired) electrons. The number of hydrogen-bond acceptors (Lipinski definition) is 4. The molecular weight excluding hydrogens is 457 g/mol. The molecule has 0 spiro atoms. The maximum absolute atomic E-state index is 13.7. The van der Waals surface area contributed by atoms with Crippen molar-refractivity contribution in [2.24, 2.45) is 5.92 Å². The predicted octanol–water partition coefficient (Wildman–Crippen LogP) is 3.93. The molecular formula is C22H21F3N4O3S. The van der Waals surface area contributed by atoms with Gasteiger partial charge in [-0.1, -0.05) is 18.2 Å². The van der Waals surface area contributed by atoms with Crippen LogP contribution in [0.15, 0.2) is 71.9 Å². The molecule has 174 valence electrons. The number of nitrogens with zero attached hydrogens (tertiary/aromatic N) is 3. The Morgan fingerprint density at radius 1 is 1.09 bits per heavy atom. The van der Waals surface area contributed by atoms with Gasteiger partial charge in [-0.15, -0.1) is 0 Å². The number of carbonyl (C=O) groups is 1. The molecule has 2 aromatic carbocycles. The Labute approximate surface area is 188 Å². The topological polar surface area (TPSA) is 84.3 Å². The lowest BCUT2D eigenvalue weighted by molar-refractivity contribution is -0.137. The van der Waals surface area contributed by atoms with Crippen LogP contribution in [0.5, 0.6) is 0 Å². The zero-order chi connectivity index (χ0) is 23.6. The van der Waals surface area contributed by atoms with Crippen molar-refractivity contribution in [2.45, 2.75) is 23.9 Å². The second kappa shape index (κ2) is 8.99. The zero-order valence-corrected chi connectivity index (χ0v) is 18.2. The van der Waals surface area contributed by atoms with Crippen LogP contribution in [0.3, 0.4) is 0 Å². The van der Waals surface area contributed by atoms with Gasteiger partial charge in [-0.2, -0.15) is 22.6 Å². The number of halogens is 3. The standard InChI is InChI=1S/C22H21F3N4O3S/c23-22(24,25)19-14-17(29-13-5-11-26-29)9-10-20(19)27-21(30)16-6-4-12-28(15-16)33(31,32)18-7-2-1-3-8-18/h1-3,5,7-11,13-14,16H,4,6,12,15H2,(H,27,30). The molecule has 1 N–H and O–H groups in total. The van der Waals surface area contributed by atoms with Crippen molar-refractivity contribution in [1.82, 2.24) is 14.1 Å². The van der Waals surface area contributed by atoms with Crippen molar-refractivity contribution in [3.05, 3.63) is 72.6 Å². The van der Waals surface area contributed by atoms with Crippen LogP contribution in [0, 0.1) is 5.92 Å². The number of sulfonamides is 1. The number of nitrogens with one attached hydrogen (secondary N) is 1. The van der Waals surface area contributed by atoms with E-state index in [2.05, 4.69) is 10.4 Å². The summed E-state index contributed by atoms with van der Waals surface area (Å²) < 4.78 is 69.4. The summed E-state index contributed by atoms with van der Waals surface area (Å²) in [6.45, 7) is 0.142. The lowest BCUT2D eigenvalue weighted by atomic mass is 9.98. The van der Waals surface area contributed by atoms with Crippen LogP contribution in [-0.4, -0.2) is 41.5 Å². The molecule has 1 atom stereocenters. The number of anilines is 1. The fourth-order valence-electron chi connectivity index (χ4n) is 3.79. The summed E-state index contributed by atoms with van der Waals surface area (Å²) >= 11 is 0. The van der Waals surface area contributed by atoms with E-state index >= 15 is 0 Å². The molecule has 1 amide bonds. The number of amides is 1. The largest absolute Gasteiger partial charge is 0.418 e. The van der Waals surface area contributed by atoms with Crippen molar-refractivity contribution in [3.63, 3.8) is 0 Å². The van der Waals surface area contributed by atoms with E-state index < -0.39 is 33.6 Å². The molecule has 1 aliphatic heterocycles. The van der Waals surface area contributed by atoms with Gasteiger partial charge in [-0.25, -0.2) is 13.1 Å². The molecule has 4 rings (SSSR count). The van der Waals surface area contributed by atoms with Crippen LogP contribution in [0.4, 0.5) is 18.9 Å². The Hall–Kier alpha value is -3.18. The highest BCUT2D eigenvalue weighted by Crippen LogP contribution is 2.36. The van der Waals surface area contributed by atoms with Gasteiger partial charge in [0, 0.05) is 25.5 Å². The highest BCUT2D eigenvalue weighted by molar-refractivity contribution is 7.89. The third-order valence-electron chi connectivity index (χ3n) is 5.47. The maximum Gasteiger partial charge on any atom is 0.418 e.